The van der Waals surface area contributed by atoms with Crippen molar-refractivity contribution in [1.82, 2.24) is 0 Å². The van der Waals surface area contributed by atoms with E-state index in [0.29, 0.717) is 0 Å². The molecule has 5 rings (SSSR count). The summed E-state index contributed by atoms with van der Waals surface area (Å²) in [6.07, 6.45) is 9.38. The SMILES string of the molecule is [O-]/[N+](=C\c1ccccc1)C12CC3CC(CC(C3)C1)C2. The molecule has 0 N–H and O–H groups in total. The molecule has 100 valence electrons. The van der Waals surface area contributed by atoms with Gasteiger partial charge in [0.25, 0.3) is 0 Å². The van der Waals surface area contributed by atoms with Crippen molar-refractivity contribution in [3.63, 3.8) is 0 Å². The lowest BCUT2D eigenvalue weighted by molar-refractivity contribution is -0.566. The highest BCUT2D eigenvalue weighted by Gasteiger charge is 2.56. The molecule has 4 saturated carbocycles. The predicted octanol–water partition coefficient (Wildman–Crippen LogP) is 3.58. The van der Waals surface area contributed by atoms with E-state index in [2.05, 4.69) is 0 Å². The van der Waals surface area contributed by atoms with E-state index in [4.69, 9.17) is 0 Å². The van der Waals surface area contributed by atoms with Gasteiger partial charge in [-0.25, -0.2) is 4.74 Å². The summed E-state index contributed by atoms with van der Waals surface area (Å²) in [5.41, 5.74) is 0.971. The molecule has 4 bridgehead atoms. The van der Waals surface area contributed by atoms with Crippen molar-refractivity contribution in [3.8, 4) is 0 Å². The van der Waals surface area contributed by atoms with Gasteiger partial charge in [-0.3, -0.25) is 0 Å². The Bertz CT molecular complexity index is 470. The van der Waals surface area contributed by atoms with Gasteiger partial charge >= 0.3 is 0 Å². The molecule has 0 aromatic heterocycles. The van der Waals surface area contributed by atoms with Crippen LogP contribution in [0.25, 0.3) is 0 Å². The second-order valence-corrected chi connectivity index (χ2v) is 7.01. The molecule has 0 saturated heterocycles. The van der Waals surface area contributed by atoms with Crippen LogP contribution in [0.4, 0.5) is 0 Å². The topological polar surface area (TPSA) is 26.1 Å². The van der Waals surface area contributed by atoms with Crippen LogP contribution in [-0.2, 0) is 0 Å². The third kappa shape index (κ3) is 1.89. The van der Waals surface area contributed by atoms with Crippen LogP contribution in [0, 0.1) is 23.0 Å². The minimum absolute atomic E-state index is 0.0649. The van der Waals surface area contributed by atoms with Crippen molar-refractivity contribution in [2.24, 2.45) is 17.8 Å². The van der Waals surface area contributed by atoms with E-state index >= 15 is 0 Å². The number of hydrogen-bond acceptors (Lipinski definition) is 1. The molecule has 2 heteroatoms. The predicted molar refractivity (Wildman–Crippen MR) is 76.1 cm³/mol. The van der Waals surface area contributed by atoms with E-state index in [1.165, 1.54) is 24.0 Å². The van der Waals surface area contributed by atoms with Crippen molar-refractivity contribution in [2.75, 3.05) is 0 Å². The van der Waals surface area contributed by atoms with Crippen LogP contribution in [0.2, 0.25) is 0 Å². The number of benzene rings is 1. The van der Waals surface area contributed by atoms with Crippen molar-refractivity contribution in [3.05, 3.63) is 41.1 Å². The van der Waals surface area contributed by atoms with Gasteiger partial charge in [-0.2, -0.15) is 0 Å². The zero-order valence-corrected chi connectivity index (χ0v) is 11.3. The van der Waals surface area contributed by atoms with E-state index < -0.39 is 0 Å². The Hall–Kier alpha value is -1.31. The second-order valence-electron chi connectivity index (χ2n) is 7.01. The van der Waals surface area contributed by atoms with Crippen LogP contribution in [0.15, 0.2) is 30.3 Å². The summed E-state index contributed by atoms with van der Waals surface area (Å²) in [5, 5.41) is 12.7. The lowest BCUT2D eigenvalue weighted by atomic mass is 9.53. The number of rotatable bonds is 2. The van der Waals surface area contributed by atoms with Crippen molar-refractivity contribution < 1.29 is 4.74 Å². The van der Waals surface area contributed by atoms with Crippen LogP contribution < -0.4 is 0 Å². The fourth-order valence-electron chi connectivity index (χ4n) is 5.15. The summed E-state index contributed by atoms with van der Waals surface area (Å²) >= 11 is 0. The number of hydroxylamine groups is 1. The van der Waals surface area contributed by atoms with Gasteiger partial charge in [0.2, 0.25) is 0 Å². The first-order valence-corrected chi connectivity index (χ1v) is 7.60. The molecule has 0 amide bonds. The highest BCUT2D eigenvalue weighted by molar-refractivity contribution is 5.75. The van der Waals surface area contributed by atoms with Crippen LogP contribution in [-0.4, -0.2) is 16.5 Å². The molecular weight excluding hydrogens is 234 g/mol. The van der Waals surface area contributed by atoms with Gasteiger partial charge in [0.15, 0.2) is 11.8 Å². The Morgan fingerprint density at radius 1 is 0.947 bits per heavy atom. The van der Waals surface area contributed by atoms with Gasteiger partial charge in [-0.1, -0.05) is 18.2 Å². The van der Waals surface area contributed by atoms with Crippen molar-refractivity contribution in [2.45, 2.75) is 44.1 Å². The van der Waals surface area contributed by atoms with Crippen molar-refractivity contribution in [1.29, 1.82) is 0 Å². The maximum atomic E-state index is 12.7. The van der Waals surface area contributed by atoms with Gasteiger partial charge in [-0.15, -0.1) is 0 Å². The average Bonchev–Trinajstić information content (AvgIpc) is 2.38. The van der Waals surface area contributed by atoms with E-state index in [0.717, 1.165) is 42.6 Å². The molecule has 0 heterocycles. The fourth-order valence-corrected chi connectivity index (χ4v) is 5.15. The van der Waals surface area contributed by atoms with E-state index in [1.54, 1.807) is 0 Å². The molecule has 0 atom stereocenters. The lowest BCUT2D eigenvalue weighted by Gasteiger charge is -2.54. The molecular formula is C17H21NO. The van der Waals surface area contributed by atoms with Crippen LogP contribution >= 0.6 is 0 Å². The average molecular weight is 255 g/mol. The molecule has 0 aliphatic heterocycles. The zero-order valence-electron chi connectivity index (χ0n) is 11.3. The highest BCUT2D eigenvalue weighted by atomic mass is 16.5. The Kier molecular flexibility index (Phi) is 2.48. The first-order valence-electron chi connectivity index (χ1n) is 7.60. The van der Waals surface area contributed by atoms with Gasteiger partial charge in [-0.05, 0) is 49.1 Å². The molecule has 1 aromatic rings. The van der Waals surface area contributed by atoms with Gasteiger partial charge in [0.1, 0.15) is 0 Å². The number of hydrogen-bond donors (Lipinski definition) is 0. The zero-order chi connectivity index (χ0) is 12.9. The monoisotopic (exact) mass is 255 g/mol. The van der Waals surface area contributed by atoms with Crippen LogP contribution in [0.3, 0.4) is 0 Å². The molecule has 4 aliphatic rings. The molecule has 4 aliphatic carbocycles. The summed E-state index contributed by atoms with van der Waals surface area (Å²) in [5.74, 6) is 2.48. The van der Waals surface area contributed by atoms with E-state index in [9.17, 15) is 5.21 Å². The summed E-state index contributed by atoms with van der Waals surface area (Å²) in [6.45, 7) is 0. The van der Waals surface area contributed by atoms with Gasteiger partial charge in [0.05, 0.1) is 0 Å². The third-order valence-corrected chi connectivity index (χ3v) is 5.54. The summed E-state index contributed by atoms with van der Waals surface area (Å²) in [6, 6.07) is 10.0. The van der Waals surface area contributed by atoms with Gasteiger partial charge in [0, 0.05) is 24.8 Å². The third-order valence-electron chi connectivity index (χ3n) is 5.54. The standard InChI is InChI=1S/C17H21NO/c19-18(12-13-4-2-1-3-5-13)17-9-14-6-15(10-17)8-16(7-14)11-17/h1-5,12,14-16H,6-11H2/b18-12-. The molecule has 0 spiro atoms. The molecule has 2 nitrogen and oxygen atoms in total. The quantitative estimate of drug-likeness (QED) is 0.343. The van der Waals surface area contributed by atoms with Gasteiger partial charge < -0.3 is 5.21 Å². The first-order chi connectivity index (χ1) is 9.23. The highest BCUT2D eigenvalue weighted by Crippen LogP contribution is 2.56. The molecule has 19 heavy (non-hydrogen) atoms. The Balaban J connectivity index is 1.66. The minimum Gasteiger partial charge on any atom is -0.623 e. The summed E-state index contributed by atoms with van der Waals surface area (Å²) in [4.78, 5) is 0. The van der Waals surface area contributed by atoms with E-state index in [1.807, 2.05) is 36.5 Å². The Labute approximate surface area is 114 Å². The van der Waals surface area contributed by atoms with Crippen molar-refractivity contribution >= 4 is 6.21 Å². The number of nitrogens with zero attached hydrogens (tertiary/aromatic N) is 1. The smallest absolute Gasteiger partial charge is 0.182 e. The van der Waals surface area contributed by atoms with Crippen LogP contribution in [0.5, 0.6) is 0 Å². The maximum absolute atomic E-state index is 12.7. The molecule has 1 aromatic carbocycles. The lowest BCUT2D eigenvalue weighted by Crippen LogP contribution is -2.55. The fraction of sp³-hybridized carbons (Fsp3) is 0.588. The Morgan fingerprint density at radius 2 is 1.47 bits per heavy atom. The molecule has 0 radical (unpaired) electrons. The Morgan fingerprint density at radius 3 is 2.00 bits per heavy atom. The minimum atomic E-state index is -0.0649. The molecule has 0 unspecified atom stereocenters. The first kappa shape index (κ1) is 11.5. The largest absolute Gasteiger partial charge is 0.623 e. The molecule has 4 fully saturated rings. The summed E-state index contributed by atoms with van der Waals surface area (Å²) < 4.78 is 1.33. The normalized spacial score (nSPS) is 40.6. The van der Waals surface area contributed by atoms with Crippen LogP contribution in [0.1, 0.15) is 44.1 Å². The summed E-state index contributed by atoms with van der Waals surface area (Å²) in [7, 11) is 0. The van der Waals surface area contributed by atoms with E-state index in [-0.39, 0.29) is 5.54 Å². The maximum Gasteiger partial charge on any atom is 0.182 e. The second kappa shape index (κ2) is 4.09.